The largest absolute Gasteiger partial charge is 0.305 e. The average Bonchev–Trinajstić information content (AvgIpc) is 2.23. The second kappa shape index (κ2) is 3.75. The van der Waals surface area contributed by atoms with Crippen LogP contribution in [0.2, 0.25) is 0 Å². The molecule has 2 rings (SSSR count). The van der Waals surface area contributed by atoms with Crippen molar-refractivity contribution in [2.24, 2.45) is 0 Å². The second-order valence-corrected chi connectivity index (χ2v) is 3.65. The van der Waals surface area contributed by atoms with Crippen molar-refractivity contribution in [2.75, 3.05) is 10.1 Å². The summed E-state index contributed by atoms with van der Waals surface area (Å²) in [6.07, 6.45) is 4.16. The fourth-order valence-corrected chi connectivity index (χ4v) is 1.96. The van der Waals surface area contributed by atoms with E-state index in [0.717, 1.165) is 0 Å². The lowest BCUT2D eigenvalue weighted by Gasteiger charge is -2.22. The lowest BCUT2D eigenvalue weighted by molar-refractivity contribution is -0.135. The van der Waals surface area contributed by atoms with E-state index in [1.54, 1.807) is 6.07 Å². The Labute approximate surface area is 84.7 Å². The standard InChI is InChI=1S/C8H6N3O2S/c12-6-2-4-14-11(8(6)13)7-1-3-9-5-10-7/h1,3H,2,4H2. The lowest BCUT2D eigenvalue weighted by atomic mass is 10.3. The highest BCUT2D eigenvalue weighted by Gasteiger charge is 2.29. The first-order chi connectivity index (χ1) is 6.79. The van der Waals surface area contributed by atoms with Gasteiger partial charge in [0.05, 0.1) is 0 Å². The van der Waals surface area contributed by atoms with Crippen molar-refractivity contribution in [3.05, 3.63) is 18.6 Å². The Balaban J connectivity index is 2.26. The Morgan fingerprint density at radius 3 is 3.07 bits per heavy atom. The second-order valence-electron chi connectivity index (χ2n) is 2.62. The van der Waals surface area contributed by atoms with Gasteiger partial charge in [-0.05, 0) is 11.9 Å². The molecule has 0 saturated carbocycles. The summed E-state index contributed by atoms with van der Waals surface area (Å²) in [5.74, 6) is 0.118. The summed E-state index contributed by atoms with van der Waals surface area (Å²) < 4.78 is 1.28. The van der Waals surface area contributed by atoms with Crippen LogP contribution in [0, 0.1) is 6.33 Å². The summed E-state index contributed by atoms with van der Waals surface area (Å²) in [7, 11) is 0. The van der Waals surface area contributed by atoms with Crippen LogP contribution in [0.1, 0.15) is 6.42 Å². The number of amides is 1. The third-order valence-electron chi connectivity index (χ3n) is 1.70. The maximum atomic E-state index is 11.4. The summed E-state index contributed by atoms with van der Waals surface area (Å²) in [5.41, 5.74) is 0. The molecular weight excluding hydrogens is 202 g/mol. The Bertz CT molecular complexity index is 368. The van der Waals surface area contributed by atoms with Crippen molar-refractivity contribution in [3.8, 4) is 0 Å². The van der Waals surface area contributed by atoms with Gasteiger partial charge in [-0.15, -0.1) is 0 Å². The molecule has 0 atom stereocenters. The van der Waals surface area contributed by atoms with Gasteiger partial charge in [0.25, 0.3) is 0 Å². The normalized spacial score (nSPS) is 17.3. The molecule has 0 aliphatic carbocycles. The molecule has 1 amide bonds. The van der Waals surface area contributed by atoms with Gasteiger partial charge < -0.3 is 0 Å². The van der Waals surface area contributed by atoms with E-state index in [1.165, 1.54) is 22.4 Å². The molecule has 71 valence electrons. The third-order valence-corrected chi connectivity index (χ3v) is 2.70. The number of rotatable bonds is 1. The molecule has 0 spiro atoms. The van der Waals surface area contributed by atoms with Gasteiger partial charge in [-0.3, -0.25) is 9.59 Å². The van der Waals surface area contributed by atoms with Gasteiger partial charge in [-0.25, -0.2) is 14.3 Å². The van der Waals surface area contributed by atoms with E-state index in [9.17, 15) is 9.59 Å². The first kappa shape index (κ1) is 9.14. The van der Waals surface area contributed by atoms with Gasteiger partial charge in [0, 0.05) is 24.4 Å². The molecule has 1 aromatic heterocycles. The highest BCUT2D eigenvalue weighted by atomic mass is 32.2. The molecule has 1 saturated heterocycles. The molecule has 0 aromatic carbocycles. The molecule has 1 aliphatic rings. The summed E-state index contributed by atoms with van der Waals surface area (Å²) in [6, 6.07) is 1.57. The number of ketones is 1. The van der Waals surface area contributed by atoms with Crippen molar-refractivity contribution in [3.63, 3.8) is 0 Å². The van der Waals surface area contributed by atoms with Crippen LogP contribution in [0.15, 0.2) is 12.3 Å². The molecule has 14 heavy (non-hydrogen) atoms. The first-order valence-electron chi connectivity index (χ1n) is 3.98. The van der Waals surface area contributed by atoms with Crippen LogP contribution in [0.25, 0.3) is 0 Å². The van der Waals surface area contributed by atoms with Crippen molar-refractivity contribution < 1.29 is 9.59 Å². The molecule has 0 bridgehead atoms. The molecule has 1 fully saturated rings. The summed E-state index contributed by atoms with van der Waals surface area (Å²) >= 11 is 1.28. The molecule has 2 heterocycles. The number of hydrogen-bond acceptors (Lipinski definition) is 5. The lowest BCUT2D eigenvalue weighted by Crippen LogP contribution is -2.36. The van der Waals surface area contributed by atoms with Crippen LogP contribution in [0.4, 0.5) is 5.82 Å². The maximum Gasteiger partial charge on any atom is 0.305 e. The number of Topliss-reactive ketones (excluding diaryl/α,β-unsaturated/α-hetero) is 1. The molecule has 6 heteroatoms. The third kappa shape index (κ3) is 1.60. The fourth-order valence-electron chi connectivity index (χ4n) is 1.05. The zero-order valence-corrected chi connectivity index (χ0v) is 7.95. The monoisotopic (exact) mass is 208 g/mol. The number of carbonyl (C=O) groups is 2. The molecular formula is C8H6N3O2S. The topological polar surface area (TPSA) is 63.2 Å². The smallest absolute Gasteiger partial charge is 0.289 e. The summed E-state index contributed by atoms with van der Waals surface area (Å²) in [6.45, 7) is 0. The minimum absolute atomic E-state index is 0.300. The Morgan fingerprint density at radius 2 is 2.36 bits per heavy atom. The fraction of sp³-hybridized carbons (Fsp3) is 0.250. The summed E-state index contributed by atoms with van der Waals surface area (Å²) in [4.78, 5) is 29.9. The number of nitrogens with zero attached hydrogens (tertiary/aromatic N) is 3. The van der Waals surface area contributed by atoms with Crippen molar-refractivity contribution in [2.45, 2.75) is 6.42 Å². The van der Waals surface area contributed by atoms with Gasteiger partial charge in [-0.1, -0.05) is 0 Å². The Kier molecular flexibility index (Phi) is 2.45. The number of aromatic nitrogens is 2. The van der Waals surface area contributed by atoms with Gasteiger partial charge in [0.15, 0.2) is 6.33 Å². The van der Waals surface area contributed by atoms with Crippen LogP contribution in [0.5, 0.6) is 0 Å². The quantitative estimate of drug-likeness (QED) is 0.488. The van der Waals surface area contributed by atoms with E-state index in [2.05, 4.69) is 16.3 Å². The van der Waals surface area contributed by atoms with Crippen LogP contribution in [-0.4, -0.2) is 27.4 Å². The first-order valence-corrected chi connectivity index (χ1v) is 4.92. The van der Waals surface area contributed by atoms with E-state index in [4.69, 9.17) is 0 Å². The molecule has 1 radical (unpaired) electrons. The van der Waals surface area contributed by atoms with Crippen LogP contribution < -0.4 is 4.31 Å². The highest BCUT2D eigenvalue weighted by Crippen LogP contribution is 2.24. The van der Waals surface area contributed by atoms with Crippen LogP contribution >= 0.6 is 11.9 Å². The van der Waals surface area contributed by atoms with E-state index in [1.807, 2.05) is 0 Å². The highest BCUT2D eigenvalue weighted by molar-refractivity contribution is 8.01. The summed E-state index contributed by atoms with van der Waals surface area (Å²) in [5, 5.41) is 0. The Morgan fingerprint density at radius 1 is 1.50 bits per heavy atom. The van der Waals surface area contributed by atoms with Crippen LogP contribution in [0.3, 0.4) is 0 Å². The predicted molar refractivity (Wildman–Crippen MR) is 50.4 cm³/mol. The SMILES string of the molecule is O=C1CCSN(c2ccn[c]n2)C1=O. The van der Waals surface area contributed by atoms with Gasteiger partial charge >= 0.3 is 5.91 Å². The zero-order chi connectivity index (χ0) is 9.97. The molecule has 1 aliphatic heterocycles. The number of hydrogen-bond donors (Lipinski definition) is 0. The van der Waals surface area contributed by atoms with Crippen molar-refractivity contribution in [1.29, 1.82) is 0 Å². The van der Waals surface area contributed by atoms with Gasteiger partial charge in [-0.2, -0.15) is 0 Å². The van der Waals surface area contributed by atoms with E-state index in [0.29, 0.717) is 18.0 Å². The van der Waals surface area contributed by atoms with Crippen molar-refractivity contribution in [1.82, 2.24) is 9.97 Å². The predicted octanol–water partition coefficient (Wildman–Crippen LogP) is 0.231. The zero-order valence-electron chi connectivity index (χ0n) is 7.14. The molecule has 5 nitrogen and oxygen atoms in total. The minimum Gasteiger partial charge on any atom is -0.289 e. The van der Waals surface area contributed by atoms with Crippen LogP contribution in [-0.2, 0) is 9.59 Å². The Hall–Kier alpha value is -1.43. The van der Waals surface area contributed by atoms with Crippen molar-refractivity contribution >= 4 is 29.5 Å². The van der Waals surface area contributed by atoms with E-state index < -0.39 is 5.91 Å². The molecule has 0 unspecified atom stereocenters. The molecule has 1 aromatic rings. The number of carbonyl (C=O) groups excluding carboxylic acids is 2. The average molecular weight is 208 g/mol. The van der Waals surface area contributed by atoms with E-state index in [-0.39, 0.29) is 5.78 Å². The maximum absolute atomic E-state index is 11.4. The number of anilines is 1. The molecule has 0 N–H and O–H groups in total. The van der Waals surface area contributed by atoms with E-state index >= 15 is 0 Å². The van der Waals surface area contributed by atoms with Gasteiger partial charge in [0.1, 0.15) is 5.82 Å². The van der Waals surface area contributed by atoms with Gasteiger partial charge in [0.2, 0.25) is 5.78 Å². The minimum atomic E-state index is -0.520.